The molecular formula is C17H14N2O3. The summed E-state index contributed by atoms with van der Waals surface area (Å²) in [6.07, 6.45) is 1.87. The summed E-state index contributed by atoms with van der Waals surface area (Å²) < 4.78 is 0. The van der Waals surface area contributed by atoms with Gasteiger partial charge in [-0.3, -0.25) is 14.6 Å². The topological polar surface area (TPSA) is 83.0 Å². The fraction of sp³-hybridized carbons (Fsp3) is 0.118. The molecule has 22 heavy (non-hydrogen) atoms. The van der Waals surface area contributed by atoms with Crippen molar-refractivity contribution in [3.63, 3.8) is 0 Å². The van der Waals surface area contributed by atoms with Crippen LogP contribution in [0.15, 0.2) is 59.5 Å². The second-order valence-electron chi connectivity index (χ2n) is 5.05. The Hall–Kier alpha value is -2.95. The van der Waals surface area contributed by atoms with E-state index in [4.69, 9.17) is 0 Å². The standard InChI is InChI=1S/C17H14N2O3/c20-16-10-13(12-6-1-2-7-15(12)19-16)14(17(21)22)9-11-5-3-4-8-18-11/h1-8,10,14H,9H2,(H,19,20)(H,21,22). The third-order valence-corrected chi connectivity index (χ3v) is 3.60. The lowest BCUT2D eigenvalue weighted by atomic mass is 9.91. The minimum atomic E-state index is -0.971. The molecule has 0 bridgehead atoms. The summed E-state index contributed by atoms with van der Waals surface area (Å²) in [5, 5.41) is 10.3. The molecule has 0 spiro atoms. The quantitative estimate of drug-likeness (QED) is 0.773. The van der Waals surface area contributed by atoms with E-state index in [9.17, 15) is 14.7 Å². The van der Waals surface area contributed by atoms with Gasteiger partial charge in [0.2, 0.25) is 5.56 Å². The minimum Gasteiger partial charge on any atom is -0.481 e. The molecule has 0 fully saturated rings. The van der Waals surface area contributed by atoms with Crippen molar-refractivity contribution in [3.05, 3.63) is 76.3 Å². The van der Waals surface area contributed by atoms with E-state index in [1.165, 1.54) is 6.07 Å². The number of benzene rings is 1. The first kappa shape index (κ1) is 14.0. The number of hydrogen-bond acceptors (Lipinski definition) is 3. The molecule has 0 aliphatic rings. The highest BCUT2D eigenvalue weighted by atomic mass is 16.4. The minimum absolute atomic E-state index is 0.240. The molecule has 5 nitrogen and oxygen atoms in total. The van der Waals surface area contributed by atoms with Gasteiger partial charge in [0.15, 0.2) is 0 Å². The second-order valence-corrected chi connectivity index (χ2v) is 5.05. The smallest absolute Gasteiger partial charge is 0.311 e. The molecule has 1 atom stereocenters. The number of aliphatic carboxylic acids is 1. The summed E-state index contributed by atoms with van der Waals surface area (Å²) in [7, 11) is 0. The van der Waals surface area contributed by atoms with E-state index >= 15 is 0 Å². The number of H-pyrrole nitrogens is 1. The maximum absolute atomic E-state index is 11.8. The first-order valence-corrected chi connectivity index (χ1v) is 6.90. The van der Waals surface area contributed by atoms with Crippen LogP contribution in [-0.4, -0.2) is 21.0 Å². The van der Waals surface area contributed by atoms with E-state index in [0.29, 0.717) is 16.8 Å². The van der Waals surface area contributed by atoms with Crippen molar-refractivity contribution >= 4 is 16.9 Å². The van der Waals surface area contributed by atoms with E-state index in [0.717, 1.165) is 5.39 Å². The van der Waals surface area contributed by atoms with Crippen LogP contribution in [0.4, 0.5) is 0 Å². The van der Waals surface area contributed by atoms with Gasteiger partial charge in [-0.25, -0.2) is 0 Å². The summed E-state index contributed by atoms with van der Waals surface area (Å²) in [6, 6.07) is 13.9. The van der Waals surface area contributed by atoms with Crippen LogP contribution >= 0.6 is 0 Å². The lowest BCUT2D eigenvalue weighted by Gasteiger charge is -2.14. The summed E-state index contributed by atoms with van der Waals surface area (Å²) in [5.74, 6) is -1.79. The Kier molecular flexibility index (Phi) is 3.70. The number of carbonyl (C=O) groups is 1. The monoisotopic (exact) mass is 294 g/mol. The lowest BCUT2D eigenvalue weighted by Crippen LogP contribution is -2.18. The zero-order chi connectivity index (χ0) is 15.5. The number of nitrogens with zero attached hydrogens (tertiary/aromatic N) is 1. The van der Waals surface area contributed by atoms with Gasteiger partial charge in [0.25, 0.3) is 0 Å². The van der Waals surface area contributed by atoms with Crippen LogP contribution < -0.4 is 5.56 Å². The van der Waals surface area contributed by atoms with Crippen molar-refractivity contribution in [2.24, 2.45) is 0 Å². The number of pyridine rings is 2. The number of aromatic amines is 1. The van der Waals surface area contributed by atoms with Crippen molar-refractivity contribution in [1.29, 1.82) is 0 Å². The van der Waals surface area contributed by atoms with Gasteiger partial charge in [-0.05, 0) is 23.8 Å². The zero-order valence-electron chi connectivity index (χ0n) is 11.7. The van der Waals surface area contributed by atoms with Gasteiger partial charge in [-0.15, -0.1) is 0 Å². The van der Waals surface area contributed by atoms with E-state index in [1.807, 2.05) is 18.2 Å². The normalized spacial score (nSPS) is 12.2. The number of carboxylic acid groups (broad SMARTS) is 1. The van der Waals surface area contributed by atoms with Crippen LogP contribution in [0.25, 0.3) is 10.9 Å². The van der Waals surface area contributed by atoms with Gasteiger partial charge in [0.1, 0.15) is 0 Å². The molecule has 3 aromatic rings. The fourth-order valence-electron chi connectivity index (χ4n) is 2.58. The van der Waals surface area contributed by atoms with Gasteiger partial charge in [0.05, 0.1) is 5.92 Å². The molecule has 0 amide bonds. The van der Waals surface area contributed by atoms with Crippen LogP contribution in [0.3, 0.4) is 0 Å². The van der Waals surface area contributed by atoms with E-state index in [-0.39, 0.29) is 12.0 Å². The maximum atomic E-state index is 11.8. The highest BCUT2D eigenvalue weighted by molar-refractivity contribution is 5.88. The molecule has 110 valence electrons. The predicted molar refractivity (Wildman–Crippen MR) is 82.9 cm³/mol. The predicted octanol–water partition coefficient (Wildman–Crippen LogP) is 2.33. The zero-order valence-corrected chi connectivity index (χ0v) is 11.7. The number of aromatic nitrogens is 2. The van der Waals surface area contributed by atoms with Gasteiger partial charge in [0, 0.05) is 35.3 Å². The summed E-state index contributed by atoms with van der Waals surface area (Å²) in [4.78, 5) is 30.4. The Labute approximate surface area is 126 Å². The lowest BCUT2D eigenvalue weighted by molar-refractivity contribution is -0.138. The molecule has 0 radical (unpaired) electrons. The summed E-state index contributed by atoms with van der Waals surface area (Å²) >= 11 is 0. The summed E-state index contributed by atoms with van der Waals surface area (Å²) in [6.45, 7) is 0. The molecule has 0 aliphatic carbocycles. The Bertz CT molecular complexity index is 872. The molecule has 0 saturated carbocycles. The summed E-state index contributed by atoms with van der Waals surface area (Å²) in [5.41, 5.74) is 1.52. The molecule has 1 aromatic carbocycles. The number of nitrogens with one attached hydrogen (secondary N) is 1. The van der Waals surface area contributed by atoms with Crippen molar-refractivity contribution in [2.45, 2.75) is 12.3 Å². The number of para-hydroxylation sites is 1. The highest BCUT2D eigenvalue weighted by Crippen LogP contribution is 2.26. The maximum Gasteiger partial charge on any atom is 0.311 e. The molecular weight excluding hydrogens is 280 g/mol. The Balaban J connectivity index is 2.13. The average Bonchev–Trinajstić information content (AvgIpc) is 2.52. The Morgan fingerprint density at radius 2 is 1.95 bits per heavy atom. The second kappa shape index (κ2) is 5.81. The van der Waals surface area contributed by atoms with Gasteiger partial charge in [-0.2, -0.15) is 0 Å². The van der Waals surface area contributed by atoms with Crippen molar-refractivity contribution in [3.8, 4) is 0 Å². The molecule has 2 heterocycles. The van der Waals surface area contributed by atoms with E-state index in [2.05, 4.69) is 9.97 Å². The Morgan fingerprint density at radius 3 is 2.68 bits per heavy atom. The van der Waals surface area contributed by atoms with Crippen molar-refractivity contribution in [2.75, 3.05) is 0 Å². The molecule has 3 rings (SSSR count). The molecule has 5 heteroatoms. The van der Waals surface area contributed by atoms with Gasteiger partial charge < -0.3 is 10.1 Å². The number of fused-ring (bicyclic) bond motifs is 1. The van der Waals surface area contributed by atoms with Gasteiger partial charge in [-0.1, -0.05) is 24.3 Å². The Morgan fingerprint density at radius 1 is 1.18 bits per heavy atom. The van der Waals surface area contributed by atoms with Crippen molar-refractivity contribution in [1.82, 2.24) is 9.97 Å². The van der Waals surface area contributed by atoms with Crippen LogP contribution in [0.1, 0.15) is 17.2 Å². The SMILES string of the molecule is O=C(O)C(Cc1ccccn1)c1cc(=O)[nH]c2ccccc12. The van der Waals surface area contributed by atoms with Crippen LogP contribution in [0.2, 0.25) is 0 Å². The third-order valence-electron chi connectivity index (χ3n) is 3.60. The first-order chi connectivity index (χ1) is 10.6. The fourth-order valence-corrected chi connectivity index (χ4v) is 2.58. The molecule has 2 N–H and O–H groups in total. The number of hydrogen-bond donors (Lipinski definition) is 2. The molecule has 2 aromatic heterocycles. The molecule has 0 aliphatic heterocycles. The van der Waals surface area contributed by atoms with E-state index in [1.54, 1.807) is 30.5 Å². The van der Waals surface area contributed by atoms with Crippen molar-refractivity contribution < 1.29 is 9.90 Å². The van der Waals surface area contributed by atoms with Crippen LogP contribution in [0.5, 0.6) is 0 Å². The van der Waals surface area contributed by atoms with Crippen LogP contribution in [0, 0.1) is 0 Å². The largest absolute Gasteiger partial charge is 0.481 e. The number of carboxylic acids is 1. The van der Waals surface area contributed by atoms with Crippen LogP contribution in [-0.2, 0) is 11.2 Å². The highest BCUT2D eigenvalue weighted by Gasteiger charge is 2.23. The molecule has 1 unspecified atom stereocenters. The van der Waals surface area contributed by atoms with E-state index < -0.39 is 11.9 Å². The third kappa shape index (κ3) is 2.74. The molecule has 0 saturated heterocycles. The van der Waals surface area contributed by atoms with Gasteiger partial charge >= 0.3 is 5.97 Å². The first-order valence-electron chi connectivity index (χ1n) is 6.90. The number of rotatable bonds is 4. The average molecular weight is 294 g/mol.